The third-order valence-electron chi connectivity index (χ3n) is 3.78. The molecule has 0 radical (unpaired) electrons. The molecule has 1 aliphatic heterocycles. The molecule has 1 unspecified atom stereocenters. The summed E-state index contributed by atoms with van der Waals surface area (Å²) >= 11 is 0. The molecule has 7 heteroatoms. The number of fused-ring (bicyclic) bond motifs is 1. The van der Waals surface area contributed by atoms with Gasteiger partial charge in [0.2, 0.25) is 0 Å². The lowest BCUT2D eigenvalue weighted by Crippen LogP contribution is -2.17. The van der Waals surface area contributed by atoms with Crippen molar-refractivity contribution in [1.29, 1.82) is 0 Å². The number of aliphatic carboxylic acids is 1. The number of hydrogen-bond acceptors (Lipinski definition) is 6. The van der Waals surface area contributed by atoms with Gasteiger partial charge in [0.1, 0.15) is 23.7 Å². The molecule has 0 amide bonds. The Kier molecular flexibility index (Phi) is 4.90. The maximum atomic E-state index is 11.7. The molecule has 0 bridgehead atoms. The molecule has 23 heavy (non-hydrogen) atoms. The van der Waals surface area contributed by atoms with Crippen molar-refractivity contribution in [3.8, 4) is 11.5 Å². The highest BCUT2D eigenvalue weighted by Crippen LogP contribution is 2.41. The number of cyclic esters (lactones) is 1. The van der Waals surface area contributed by atoms with Gasteiger partial charge in [-0.15, -0.1) is 0 Å². The first-order chi connectivity index (χ1) is 10.9. The molecular weight excluding hydrogens is 304 g/mol. The van der Waals surface area contributed by atoms with Gasteiger partial charge in [-0.3, -0.25) is 0 Å². The third kappa shape index (κ3) is 3.14. The first-order valence-corrected chi connectivity index (χ1v) is 7.02. The summed E-state index contributed by atoms with van der Waals surface area (Å²) < 4.78 is 10.3. The number of rotatable bonds is 6. The molecule has 0 saturated heterocycles. The van der Waals surface area contributed by atoms with Crippen LogP contribution in [0, 0.1) is 6.92 Å². The highest BCUT2D eigenvalue weighted by molar-refractivity contribution is 5.98. The lowest BCUT2D eigenvalue weighted by atomic mass is 9.95. The van der Waals surface area contributed by atoms with Crippen LogP contribution in [0.3, 0.4) is 0 Å². The fraction of sp³-hybridized carbons (Fsp3) is 0.375. The maximum absolute atomic E-state index is 11.7. The molecule has 1 aromatic carbocycles. The van der Waals surface area contributed by atoms with Crippen molar-refractivity contribution >= 4 is 11.9 Å². The molecule has 1 aliphatic rings. The summed E-state index contributed by atoms with van der Waals surface area (Å²) in [7, 11) is 1.47. The average molecular weight is 322 g/mol. The number of allylic oxidation sites excluding steroid dienone is 1. The Bertz CT molecular complexity index is 676. The Morgan fingerprint density at radius 3 is 2.74 bits per heavy atom. The zero-order valence-electron chi connectivity index (χ0n) is 12.8. The molecule has 0 saturated carbocycles. The monoisotopic (exact) mass is 322 g/mol. The number of aromatic hydroxyl groups is 1. The second-order valence-electron chi connectivity index (χ2n) is 5.18. The van der Waals surface area contributed by atoms with Crippen molar-refractivity contribution in [2.24, 2.45) is 0 Å². The molecule has 7 nitrogen and oxygen atoms in total. The van der Waals surface area contributed by atoms with Gasteiger partial charge in [0, 0.05) is 17.5 Å². The first-order valence-electron chi connectivity index (χ1n) is 7.02. The van der Waals surface area contributed by atoms with Crippen LogP contribution >= 0.6 is 0 Å². The minimum Gasteiger partial charge on any atom is -0.507 e. The van der Waals surface area contributed by atoms with Gasteiger partial charge in [-0.2, -0.15) is 0 Å². The van der Waals surface area contributed by atoms with Crippen molar-refractivity contribution in [3.05, 3.63) is 34.4 Å². The van der Waals surface area contributed by atoms with E-state index in [4.69, 9.17) is 14.6 Å². The summed E-state index contributed by atoms with van der Waals surface area (Å²) in [5.74, 6) is -1.60. The zero-order chi connectivity index (χ0) is 17.1. The van der Waals surface area contributed by atoms with Gasteiger partial charge >= 0.3 is 11.9 Å². The molecule has 124 valence electrons. The normalized spacial score (nSPS) is 14.7. The number of carbonyl (C=O) groups is 2. The lowest BCUT2D eigenvalue weighted by molar-refractivity contribution is -0.146. The van der Waals surface area contributed by atoms with Crippen LogP contribution in [0.15, 0.2) is 12.2 Å². The minimum atomic E-state index is -1.47. The van der Waals surface area contributed by atoms with Crippen molar-refractivity contribution in [2.45, 2.75) is 32.5 Å². The highest BCUT2D eigenvalue weighted by atomic mass is 16.5. The molecule has 2 rings (SSSR count). The smallest absolute Gasteiger partial charge is 0.342 e. The topological polar surface area (TPSA) is 113 Å². The number of ether oxygens (including phenoxy) is 2. The summed E-state index contributed by atoms with van der Waals surface area (Å²) in [6, 6.07) is 0. The van der Waals surface area contributed by atoms with Gasteiger partial charge in [-0.05, 0) is 18.9 Å². The third-order valence-corrected chi connectivity index (χ3v) is 3.78. The van der Waals surface area contributed by atoms with Crippen LogP contribution in [-0.4, -0.2) is 40.5 Å². The average Bonchev–Trinajstić information content (AvgIpc) is 2.90. The van der Waals surface area contributed by atoms with E-state index in [1.807, 2.05) is 0 Å². The number of phenolic OH excluding ortho intramolecular Hbond substituents is 1. The Morgan fingerprint density at radius 2 is 2.13 bits per heavy atom. The van der Waals surface area contributed by atoms with Crippen LogP contribution in [0.2, 0.25) is 0 Å². The number of carbonyl (C=O) groups excluding carboxylic acids is 1. The predicted octanol–water partition coefficient (Wildman–Crippen LogP) is 1.31. The quantitative estimate of drug-likeness (QED) is 0.534. The molecule has 1 heterocycles. The van der Waals surface area contributed by atoms with E-state index in [1.54, 1.807) is 13.0 Å². The van der Waals surface area contributed by atoms with Gasteiger partial charge in [0.15, 0.2) is 6.10 Å². The Labute approximate surface area is 132 Å². The van der Waals surface area contributed by atoms with E-state index >= 15 is 0 Å². The van der Waals surface area contributed by atoms with Crippen LogP contribution in [0.25, 0.3) is 0 Å². The zero-order valence-corrected chi connectivity index (χ0v) is 12.8. The molecular formula is C16H18O7. The maximum Gasteiger partial charge on any atom is 0.342 e. The van der Waals surface area contributed by atoms with E-state index in [1.165, 1.54) is 13.2 Å². The van der Waals surface area contributed by atoms with E-state index in [2.05, 4.69) is 0 Å². The number of esters is 1. The Morgan fingerprint density at radius 1 is 1.43 bits per heavy atom. The lowest BCUT2D eigenvalue weighted by Gasteiger charge is -2.15. The van der Waals surface area contributed by atoms with Crippen LogP contribution in [0.5, 0.6) is 11.5 Å². The Balaban J connectivity index is 2.30. The number of hydrogen-bond donors (Lipinski definition) is 3. The fourth-order valence-electron chi connectivity index (χ4n) is 2.56. The van der Waals surface area contributed by atoms with Crippen molar-refractivity contribution < 1.29 is 34.4 Å². The number of aliphatic hydroxyl groups excluding tert-OH is 1. The van der Waals surface area contributed by atoms with E-state index in [0.717, 1.165) is 5.56 Å². The van der Waals surface area contributed by atoms with Gasteiger partial charge in [0.25, 0.3) is 0 Å². The van der Waals surface area contributed by atoms with Crippen LogP contribution in [-0.2, 0) is 22.6 Å². The molecule has 0 aliphatic carbocycles. The largest absolute Gasteiger partial charge is 0.507 e. The van der Waals surface area contributed by atoms with E-state index < -0.39 is 18.0 Å². The SMILES string of the molecule is COc1c(C)c2c(c(O)c1C/C=C/CC(O)C(=O)O)C(=O)OC2. The molecule has 0 aromatic heterocycles. The number of phenols is 1. The number of carboxylic acid groups (broad SMARTS) is 1. The summed E-state index contributed by atoms with van der Waals surface area (Å²) in [5, 5.41) is 28.2. The summed E-state index contributed by atoms with van der Waals surface area (Å²) in [4.78, 5) is 22.3. The second-order valence-corrected chi connectivity index (χ2v) is 5.18. The van der Waals surface area contributed by atoms with Crippen LogP contribution in [0.4, 0.5) is 0 Å². The van der Waals surface area contributed by atoms with E-state index in [9.17, 15) is 19.8 Å². The van der Waals surface area contributed by atoms with Gasteiger partial charge in [-0.25, -0.2) is 9.59 Å². The van der Waals surface area contributed by atoms with Gasteiger partial charge in [-0.1, -0.05) is 12.2 Å². The highest BCUT2D eigenvalue weighted by Gasteiger charge is 2.31. The van der Waals surface area contributed by atoms with Crippen molar-refractivity contribution in [3.63, 3.8) is 0 Å². The standard InChI is InChI=1S/C16H18O7/c1-8-10-7-23-16(21)12(10)13(18)9(14(8)22-2)5-3-4-6-11(17)15(19)20/h3-4,11,17-18H,5-7H2,1-2H3,(H,19,20)/b4-3+. The minimum absolute atomic E-state index is 0.0512. The van der Waals surface area contributed by atoms with Gasteiger partial charge in [0.05, 0.1) is 7.11 Å². The molecule has 3 N–H and O–H groups in total. The second kappa shape index (κ2) is 6.70. The number of aliphatic hydroxyl groups is 1. The van der Waals surface area contributed by atoms with Crippen molar-refractivity contribution in [1.82, 2.24) is 0 Å². The molecule has 0 fully saturated rings. The van der Waals surface area contributed by atoms with Crippen LogP contribution < -0.4 is 4.74 Å². The van der Waals surface area contributed by atoms with Crippen molar-refractivity contribution in [2.75, 3.05) is 7.11 Å². The summed E-state index contributed by atoms with van der Waals surface area (Å²) in [6.45, 7) is 1.88. The summed E-state index contributed by atoms with van der Waals surface area (Å²) in [6.07, 6.45) is 1.81. The van der Waals surface area contributed by atoms with Gasteiger partial charge < -0.3 is 24.8 Å². The predicted molar refractivity (Wildman–Crippen MR) is 79.6 cm³/mol. The number of carboxylic acids is 1. The van der Waals surface area contributed by atoms with Crippen LogP contribution in [0.1, 0.15) is 33.5 Å². The molecule has 1 aromatic rings. The number of methoxy groups -OCH3 is 1. The van der Waals surface area contributed by atoms with E-state index in [0.29, 0.717) is 16.9 Å². The Hall–Kier alpha value is -2.54. The fourth-order valence-corrected chi connectivity index (χ4v) is 2.56. The first kappa shape index (κ1) is 16.8. The van der Waals surface area contributed by atoms with E-state index in [-0.39, 0.29) is 30.8 Å². The molecule has 1 atom stereocenters. The number of benzene rings is 1. The summed E-state index contributed by atoms with van der Waals surface area (Å²) in [5.41, 5.74) is 1.90. The molecule has 0 spiro atoms.